The topological polar surface area (TPSA) is 48.9 Å². The minimum absolute atomic E-state index is 0. The first kappa shape index (κ1) is 23.9. The summed E-state index contributed by atoms with van der Waals surface area (Å²) < 4.78 is 19.6. The molecule has 0 aromatic heterocycles. The summed E-state index contributed by atoms with van der Waals surface area (Å²) in [5.74, 6) is 0.525. The Hall–Kier alpha value is -1.09. The number of guanidine groups is 1. The summed E-state index contributed by atoms with van der Waals surface area (Å²) in [4.78, 5) is 6.17. The Bertz CT molecular complexity index is 510. The molecule has 2 N–H and O–H groups in total. The highest BCUT2D eigenvalue weighted by atomic mass is 127. The number of rotatable bonds is 10. The fraction of sp³-hybridized carbons (Fsp3) is 0.611. The molecule has 0 aliphatic carbocycles. The van der Waals surface area contributed by atoms with Gasteiger partial charge in [-0.3, -0.25) is 4.99 Å². The lowest BCUT2D eigenvalue weighted by molar-refractivity contribution is 0.145. The lowest BCUT2D eigenvalue weighted by Gasteiger charge is -2.22. The van der Waals surface area contributed by atoms with Gasteiger partial charge < -0.3 is 20.3 Å². The van der Waals surface area contributed by atoms with Crippen LogP contribution in [0.1, 0.15) is 32.8 Å². The van der Waals surface area contributed by atoms with Crippen LogP contribution in [0.25, 0.3) is 0 Å². The van der Waals surface area contributed by atoms with Crippen molar-refractivity contribution in [2.24, 2.45) is 4.99 Å². The third-order valence-corrected chi connectivity index (χ3v) is 3.76. The Balaban J connectivity index is 0.00000576. The number of hydrogen-bond donors (Lipinski definition) is 2. The minimum atomic E-state index is -0.183. The maximum absolute atomic E-state index is 14.3. The normalized spacial score (nSPS) is 11.0. The van der Waals surface area contributed by atoms with Crippen molar-refractivity contribution in [1.82, 2.24) is 10.6 Å². The predicted octanol–water partition coefficient (Wildman–Crippen LogP) is 3.38. The summed E-state index contributed by atoms with van der Waals surface area (Å²) in [6.45, 7) is 10.4. The van der Waals surface area contributed by atoms with E-state index in [-0.39, 0.29) is 29.8 Å². The van der Waals surface area contributed by atoms with Gasteiger partial charge in [-0.05, 0) is 44.9 Å². The average molecular weight is 466 g/mol. The molecule has 5 nitrogen and oxygen atoms in total. The molecule has 1 rings (SSSR count). The molecular formula is C18H32FIN4O. The molecule has 0 atom stereocenters. The van der Waals surface area contributed by atoms with Crippen molar-refractivity contribution in [3.63, 3.8) is 0 Å². The maximum Gasteiger partial charge on any atom is 0.191 e. The van der Waals surface area contributed by atoms with Crippen LogP contribution in [0.5, 0.6) is 0 Å². The largest absolute Gasteiger partial charge is 0.382 e. The van der Waals surface area contributed by atoms with Gasteiger partial charge in [0.05, 0.1) is 5.69 Å². The first-order chi connectivity index (χ1) is 11.7. The van der Waals surface area contributed by atoms with Crippen molar-refractivity contribution in [3.8, 4) is 0 Å². The van der Waals surface area contributed by atoms with Crippen LogP contribution in [0.3, 0.4) is 0 Å². The second kappa shape index (κ2) is 14.1. The summed E-state index contributed by atoms with van der Waals surface area (Å²) in [5.41, 5.74) is 1.54. The third kappa shape index (κ3) is 8.71. The van der Waals surface area contributed by atoms with Crippen LogP contribution in [0.15, 0.2) is 23.2 Å². The van der Waals surface area contributed by atoms with Crippen LogP contribution in [0.2, 0.25) is 0 Å². The smallest absolute Gasteiger partial charge is 0.191 e. The maximum atomic E-state index is 14.3. The molecule has 0 unspecified atom stereocenters. The molecule has 0 saturated heterocycles. The first-order valence-corrected chi connectivity index (χ1v) is 8.71. The van der Waals surface area contributed by atoms with Gasteiger partial charge in [-0.25, -0.2) is 4.39 Å². The molecule has 144 valence electrons. The summed E-state index contributed by atoms with van der Waals surface area (Å²) >= 11 is 0. The highest BCUT2D eigenvalue weighted by Gasteiger charge is 2.09. The van der Waals surface area contributed by atoms with Gasteiger partial charge in [0.15, 0.2) is 5.96 Å². The van der Waals surface area contributed by atoms with Gasteiger partial charge in [0.25, 0.3) is 0 Å². The molecule has 1 aromatic carbocycles. The van der Waals surface area contributed by atoms with Gasteiger partial charge in [-0.1, -0.05) is 6.07 Å². The zero-order valence-electron chi connectivity index (χ0n) is 15.8. The fourth-order valence-electron chi connectivity index (χ4n) is 2.41. The Morgan fingerprint density at radius 2 is 1.92 bits per heavy atom. The molecule has 0 radical (unpaired) electrons. The summed E-state index contributed by atoms with van der Waals surface area (Å²) in [5, 5.41) is 6.42. The Morgan fingerprint density at radius 1 is 1.20 bits per heavy atom. The van der Waals surface area contributed by atoms with Crippen LogP contribution in [-0.2, 0) is 11.3 Å². The zero-order valence-corrected chi connectivity index (χ0v) is 18.1. The zero-order chi connectivity index (χ0) is 17.8. The van der Waals surface area contributed by atoms with E-state index in [4.69, 9.17) is 4.74 Å². The Labute approximate surface area is 168 Å². The van der Waals surface area contributed by atoms with Gasteiger partial charge in [-0.2, -0.15) is 0 Å². The molecule has 0 aliphatic rings. The average Bonchev–Trinajstić information content (AvgIpc) is 2.60. The standard InChI is InChI=1S/C18H31FN4O.HI/c1-5-23(6-2)17-10-9-15(13-16(17)19)14-22-18(20-4)21-11-8-12-24-7-3;/h9-10,13H,5-8,11-12,14H2,1-4H3,(H2,20,21,22);1H. The van der Waals surface area contributed by atoms with E-state index in [0.717, 1.165) is 44.8 Å². The predicted molar refractivity (Wildman–Crippen MR) is 115 cm³/mol. The molecule has 0 fully saturated rings. The molecule has 1 aromatic rings. The van der Waals surface area contributed by atoms with Gasteiger partial charge >= 0.3 is 0 Å². The Morgan fingerprint density at radius 3 is 2.48 bits per heavy atom. The molecule has 0 amide bonds. The number of aliphatic imine (C=N–C) groups is 1. The number of nitrogens with zero attached hydrogens (tertiary/aromatic N) is 2. The van der Waals surface area contributed by atoms with Crippen molar-refractivity contribution in [2.45, 2.75) is 33.7 Å². The van der Waals surface area contributed by atoms with Crippen LogP contribution in [0.4, 0.5) is 10.1 Å². The number of nitrogens with one attached hydrogen (secondary N) is 2. The number of hydrogen-bond acceptors (Lipinski definition) is 3. The lowest BCUT2D eigenvalue weighted by Crippen LogP contribution is -2.37. The molecule has 0 saturated carbocycles. The second-order valence-electron chi connectivity index (χ2n) is 5.36. The molecule has 0 aliphatic heterocycles. The van der Waals surface area contributed by atoms with E-state index in [1.807, 2.05) is 37.8 Å². The number of anilines is 1. The molecule has 25 heavy (non-hydrogen) atoms. The number of ether oxygens (including phenoxy) is 1. The molecule has 0 heterocycles. The van der Waals surface area contributed by atoms with Crippen molar-refractivity contribution in [1.29, 1.82) is 0 Å². The third-order valence-electron chi connectivity index (χ3n) is 3.76. The first-order valence-electron chi connectivity index (χ1n) is 8.71. The molecule has 7 heteroatoms. The SMILES string of the molecule is CCOCCCNC(=NC)NCc1ccc(N(CC)CC)c(F)c1.I. The summed E-state index contributed by atoms with van der Waals surface area (Å²) in [7, 11) is 1.72. The number of halogens is 2. The van der Waals surface area contributed by atoms with Gasteiger partial charge in [-0.15, -0.1) is 24.0 Å². The molecule has 0 bridgehead atoms. The Kier molecular flexibility index (Phi) is 13.5. The summed E-state index contributed by atoms with van der Waals surface area (Å²) in [6, 6.07) is 5.38. The quantitative estimate of drug-likeness (QED) is 0.240. The van der Waals surface area contributed by atoms with Crippen molar-refractivity contribution < 1.29 is 9.13 Å². The van der Waals surface area contributed by atoms with Gasteiger partial charge in [0.1, 0.15) is 5.82 Å². The van der Waals surface area contributed by atoms with Gasteiger partial charge in [0, 0.05) is 46.4 Å². The molecular weight excluding hydrogens is 434 g/mol. The number of benzene rings is 1. The van der Waals surface area contributed by atoms with E-state index in [0.29, 0.717) is 18.2 Å². The lowest BCUT2D eigenvalue weighted by atomic mass is 10.2. The van der Waals surface area contributed by atoms with Crippen LogP contribution >= 0.6 is 24.0 Å². The van der Waals surface area contributed by atoms with Crippen molar-refractivity contribution in [2.75, 3.05) is 44.8 Å². The highest BCUT2D eigenvalue weighted by molar-refractivity contribution is 14.0. The van der Waals surface area contributed by atoms with Crippen LogP contribution in [-0.4, -0.2) is 45.9 Å². The molecule has 0 spiro atoms. The summed E-state index contributed by atoms with van der Waals surface area (Å²) in [6.07, 6.45) is 0.918. The minimum Gasteiger partial charge on any atom is -0.382 e. The van der Waals surface area contributed by atoms with Crippen LogP contribution < -0.4 is 15.5 Å². The van der Waals surface area contributed by atoms with Crippen molar-refractivity contribution in [3.05, 3.63) is 29.6 Å². The highest BCUT2D eigenvalue weighted by Crippen LogP contribution is 2.20. The van der Waals surface area contributed by atoms with Gasteiger partial charge in [0.2, 0.25) is 0 Å². The van der Waals surface area contributed by atoms with Crippen LogP contribution in [0, 0.1) is 5.82 Å². The fourth-order valence-corrected chi connectivity index (χ4v) is 2.41. The van der Waals surface area contributed by atoms with E-state index >= 15 is 0 Å². The monoisotopic (exact) mass is 466 g/mol. The van der Waals surface area contributed by atoms with E-state index in [2.05, 4.69) is 15.6 Å². The van der Waals surface area contributed by atoms with E-state index in [9.17, 15) is 4.39 Å². The van der Waals surface area contributed by atoms with E-state index in [1.54, 1.807) is 13.1 Å². The van der Waals surface area contributed by atoms with E-state index in [1.165, 1.54) is 0 Å². The van der Waals surface area contributed by atoms with E-state index < -0.39 is 0 Å². The second-order valence-corrected chi connectivity index (χ2v) is 5.36. The van der Waals surface area contributed by atoms with Crippen molar-refractivity contribution >= 4 is 35.6 Å².